The van der Waals surface area contributed by atoms with Gasteiger partial charge in [-0.3, -0.25) is 9.18 Å². The van der Waals surface area contributed by atoms with Crippen molar-refractivity contribution in [2.75, 3.05) is 26.4 Å². The Morgan fingerprint density at radius 3 is 2.45 bits per heavy atom. The fourth-order valence-corrected chi connectivity index (χ4v) is 3.83. The largest absolute Gasteiger partial charge is 0.497 e. The lowest BCUT2D eigenvalue weighted by molar-refractivity contribution is -0.265. The molecule has 0 bridgehead atoms. The molecule has 1 fully saturated rings. The number of benzene rings is 1. The summed E-state index contributed by atoms with van der Waals surface area (Å²) >= 11 is 0. The van der Waals surface area contributed by atoms with Crippen LogP contribution >= 0.6 is 0 Å². The molecule has 0 N–H and O–H groups in total. The molecule has 0 aliphatic carbocycles. The standard InChI is InChI=1S/C23H35NO6S/c1-7-22(27-14-20-15-28-23(5,6)29-16-20)18(3)12-24-19(4)13-30-31(25,26)21-10-8-17(2)9-11-21/h8-12,19-20H,7,13-16H2,1-6H3/b22-18+,24-12?. The summed E-state index contributed by atoms with van der Waals surface area (Å²) in [5, 5.41) is 0. The first-order valence-corrected chi connectivity index (χ1v) is 12.0. The Labute approximate surface area is 186 Å². The van der Waals surface area contributed by atoms with E-state index in [0.717, 1.165) is 23.3 Å². The van der Waals surface area contributed by atoms with E-state index in [2.05, 4.69) is 4.99 Å². The zero-order valence-electron chi connectivity index (χ0n) is 19.4. The van der Waals surface area contributed by atoms with Crippen molar-refractivity contribution in [3.63, 3.8) is 0 Å². The van der Waals surface area contributed by atoms with Gasteiger partial charge in [0.2, 0.25) is 0 Å². The van der Waals surface area contributed by atoms with Gasteiger partial charge in [-0.1, -0.05) is 24.6 Å². The lowest BCUT2D eigenvalue weighted by Gasteiger charge is -2.34. The van der Waals surface area contributed by atoms with Crippen LogP contribution in [0.25, 0.3) is 0 Å². The third-order valence-electron chi connectivity index (χ3n) is 4.88. The van der Waals surface area contributed by atoms with Crippen LogP contribution in [0.5, 0.6) is 0 Å². The molecule has 2 rings (SSSR count). The maximum atomic E-state index is 12.3. The third kappa shape index (κ3) is 8.37. The minimum atomic E-state index is -3.80. The van der Waals surface area contributed by atoms with Crippen molar-refractivity contribution in [1.29, 1.82) is 0 Å². The number of ether oxygens (including phenoxy) is 3. The molecule has 1 unspecified atom stereocenters. The predicted molar refractivity (Wildman–Crippen MR) is 121 cm³/mol. The Balaban J connectivity index is 1.86. The van der Waals surface area contributed by atoms with Crippen LogP contribution in [0.15, 0.2) is 45.5 Å². The molecule has 0 saturated carbocycles. The molecule has 1 saturated heterocycles. The van der Waals surface area contributed by atoms with Gasteiger partial charge in [0.05, 0.1) is 37.4 Å². The van der Waals surface area contributed by atoms with Crippen molar-refractivity contribution >= 4 is 16.3 Å². The van der Waals surface area contributed by atoms with E-state index >= 15 is 0 Å². The zero-order chi connectivity index (χ0) is 23.1. The van der Waals surface area contributed by atoms with Crippen LogP contribution in [0.2, 0.25) is 0 Å². The molecule has 0 aromatic heterocycles. The molecule has 174 valence electrons. The van der Waals surface area contributed by atoms with Crippen LogP contribution in [-0.4, -0.2) is 52.9 Å². The summed E-state index contributed by atoms with van der Waals surface area (Å²) in [6.45, 7) is 13.1. The summed E-state index contributed by atoms with van der Waals surface area (Å²) in [6.07, 6.45) is 2.44. The Morgan fingerprint density at radius 2 is 1.87 bits per heavy atom. The molecule has 0 radical (unpaired) electrons. The van der Waals surface area contributed by atoms with Crippen molar-refractivity contribution < 1.29 is 26.8 Å². The van der Waals surface area contributed by atoms with Gasteiger partial charge in [0.25, 0.3) is 10.1 Å². The molecule has 7 nitrogen and oxygen atoms in total. The minimum absolute atomic E-state index is 0.0329. The van der Waals surface area contributed by atoms with Crippen LogP contribution in [0, 0.1) is 12.8 Å². The lowest BCUT2D eigenvalue weighted by Crippen LogP contribution is -2.40. The smallest absolute Gasteiger partial charge is 0.297 e. The predicted octanol–water partition coefficient (Wildman–Crippen LogP) is 4.26. The first-order chi connectivity index (χ1) is 14.5. The van der Waals surface area contributed by atoms with Crippen molar-refractivity contribution in [2.24, 2.45) is 10.9 Å². The first-order valence-electron chi connectivity index (χ1n) is 10.6. The van der Waals surface area contributed by atoms with Gasteiger partial charge in [-0.25, -0.2) is 0 Å². The fraction of sp³-hybridized carbons (Fsp3) is 0.609. The normalized spacial score (nSPS) is 19.3. The number of hydrogen-bond donors (Lipinski definition) is 0. The zero-order valence-corrected chi connectivity index (χ0v) is 20.2. The Hall–Kier alpha value is -1.74. The molecule has 0 amide bonds. The number of rotatable bonds is 10. The molecule has 1 aliphatic rings. The Morgan fingerprint density at radius 1 is 1.26 bits per heavy atom. The Kier molecular flexibility index (Phi) is 9.24. The average Bonchev–Trinajstić information content (AvgIpc) is 2.72. The van der Waals surface area contributed by atoms with E-state index in [1.54, 1.807) is 37.4 Å². The monoisotopic (exact) mass is 453 g/mol. The van der Waals surface area contributed by atoms with Gasteiger partial charge in [-0.15, -0.1) is 0 Å². The van der Waals surface area contributed by atoms with Gasteiger partial charge < -0.3 is 14.2 Å². The number of nitrogens with zero attached hydrogens (tertiary/aromatic N) is 1. The molecule has 1 aromatic carbocycles. The number of aliphatic imine (C=N–C) groups is 1. The van der Waals surface area contributed by atoms with Crippen molar-refractivity contribution in [3.8, 4) is 0 Å². The highest BCUT2D eigenvalue weighted by atomic mass is 32.2. The van der Waals surface area contributed by atoms with Crippen LogP contribution in [0.1, 0.15) is 46.6 Å². The first kappa shape index (κ1) is 25.5. The molecular formula is C23H35NO6S. The third-order valence-corrected chi connectivity index (χ3v) is 6.18. The number of aryl methyl sites for hydroxylation is 1. The van der Waals surface area contributed by atoms with Crippen LogP contribution < -0.4 is 0 Å². The summed E-state index contributed by atoms with van der Waals surface area (Å²) in [4.78, 5) is 4.56. The molecule has 1 heterocycles. The highest BCUT2D eigenvalue weighted by Gasteiger charge is 2.28. The molecule has 1 aromatic rings. The highest BCUT2D eigenvalue weighted by molar-refractivity contribution is 7.86. The van der Waals surface area contributed by atoms with Crippen LogP contribution in [0.4, 0.5) is 0 Å². The molecular weight excluding hydrogens is 418 g/mol. The van der Waals surface area contributed by atoms with Gasteiger partial charge in [-0.05, 0) is 46.8 Å². The summed E-state index contributed by atoms with van der Waals surface area (Å²) in [5.74, 6) is 0.487. The summed E-state index contributed by atoms with van der Waals surface area (Å²) in [7, 11) is -3.80. The number of hydrogen-bond acceptors (Lipinski definition) is 7. The van der Waals surface area contributed by atoms with E-state index < -0.39 is 15.9 Å². The van der Waals surface area contributed by atoms with Crippen LogP contribution in [0.3, 0.4) is 0 Å². The molecule has 1 aliphatic heterocycles. The van der Waals surface area contributed by atoms with Crippen molar-refractivity contribution in [2.45, 2.75) is 64.7 Å². The van der Waals surface area contributed by atoms with E-state index in [0.29, 0.717) is 19.8 Å². The molecule has 1 atom stereocenters. The van der Waals surface area contributed by atoms with E-state index in [-0.39, 0.29) is 23.5 Å². The van der Waals surface area contributed by atoms with Gasteiger partial charge in [0.15, 0.2) is 5.79 Å². The van der Waals surface area contributed by atoms with E-state index in [4.69, 9.17) is 18.4 Å². The van der Waals surface area contributed by atoms with Crippen molar-refractivity contribution in [3.05, 3.63) is 41.2 Å². The quantitative estimate of drug-likeness (QED) is 0.299. The highest BCUT2D eigenvalue weighted by Crippen LogP contribution is 2.22. The fourth-order valence-electron chi connectivity index (χ4n) is 2.85. The van der Waals surface area contributed by atoms with Crippen LogP contribution in [-0.2, 0) is 28.5 Å². The van der Waals surface area contributed by atoms with E-state index in [9.17, 15) is 8.42 Å². The SMILES string of the molecule is CC/C(OCC1COC(C)(C)OC1)=C(/C)C=NC(C)COS(=O)(=O)c1ccc(C)cc1. The molecule has 8 heteroatoms. The topological polar surface area (TPSA) is 83.4 Å². The maximum absolute atomic E-state index is 12.3. The second-order valence-corrected chi connectivity index (χ2v) is 9.95. The van der Waals surface area contributed by atoms with Gasteiger partial charge in [0, 0.05) is 24.1 Å². The van der Waals surface area contributed by atoms with E-state index in [1.165, 1.54) is 0 Å². The second kappa shape index (κ2) is 11.2. The molecule has 31 heavy (non-hydrogen) atoms. The average molecular weight is 454 g/mol. The van der Waals surface area contributed by atoms with Gasteiger partial charge >= 0.3 is 0 Å². The summed E-state index contributed by atoms with van der Waals surface area (Å²) < 4.78 is 47.1. The maximum Gasteiger partial charge on any atom is 0.297 e. The van der Waals surface area contributed by atoms with Gasteiger partial charge in [0.1, 0.15) is 5.76 Å². The summed E-state index contributed by atoms with van der Waals surface area (Å²) in [6, 6.07) is 6.24. The molecule has 0 spiro atoms. The summed E-state index contributed by atoms with van der Waals surface area (Å²) in [5.41, 5.74) is 1.88. The van der Waals surface area contributed by atoms with Gasteiger partial charge in [-0.2, -0.15) is 8.42 Å². The minimum Gasteiger partial charge on any atom is -0.497 e. The lowest BCUT2D eigenvalue weighted by atomic mass is 10.1. The second-order valence-electron chi connectivity index (χ2n) is 8.34. The number of allylic oxidation sites excluding steroid dienone is 2. The Bertz CT molecular complexity index is 864. The van der Waals surface area contributed by atoms with E-state index in [1.807, 2.05) is 34.6 Å². The van der Waals surface area contributed by atoms with Crippen molar-refractivity contribution in [1.82, 2.24) is 0 Å².